The number of nitriles is 1. The quantitative estimate of drug-likeness (QED) is 0.604. The number of hydrogen-bond donors (Lipinski definition) is 1. The number of alkyl halides is 5. The Labute approximate surface area is 170 Å². The lowest BCUT2D eigenvalue weighted by atomic mass is 9.34. The number of rotatable bonds is 4. The molecule has 1 N–H and O–H groups in total. The number of aliphatic hydroxyl groups is 1. The van der Waals surface area contributed by atoms with E-state index in [0.29, 0.717) is 6.07 Å². The van der Waals surface area contributed by atoms with Gasteiger partial charge in [0.15, 0.2) is 0 Å². The van der Waals surface area contributed by atoms with Gasteiger partial charge in [-0.1, -0.05) is 5.11 Å². The molecule has 3 nitrogen and oxygen atoms in total. The van der Waals surface area contributed by atoms with Gasteiger partial charge in [0.05, 0.1) is 35.2 Å². The highest BCUT2D eigenvalue weighted by Crippen LogP contribution is 2.67. The van der Waals surface area contributed by atoms with Crippen LogP contribution in [-0.2, 0) is 18.2 Å². The van der Waals surface area contributed by atoms with Crippen LogP contribution in [0.1, 0.15) is 22.3 Å². The van der Waals surface area contributed by atoms with E-state index in [4.69, 9.17) is 10.00 Å². The van der Waals surface area contributed by atoms with Gasteiger partial charge < -0.3 is 9.84 Å². The monoisotopic (exact) mass is 423 g/mol. The van der Waals surface area contributed by atoms with Gasteiger partial charge in [-0.15, -0.1) is 0 Å². The molecule has 154 valence electrons. The molecule has 0 heterocycles. The Morgan fingerprint density at radius 3 is 2.27 bits per heavy atom. The Balaban J connectivity index is 2.28. The second-order valence-electron chi connectivity index (χ2n) is 8.10. The number of ether oxygens (including phenoxy) is 1. The first-order valence-electron chi connectivity index (χ1n) is 8.81. The van der Waals surface area contributed by atoms with E-state index in [1.807, 2.05) is 0 Å². The maximum absolute atomic E-state index is 14.8. The molecule has 30 heavy (non-hydrogen) atoms. The molecule has 0 spiro atoms. The van der Waals surface area contributed by atoms with Gasteiger partial charge in [-0.3, -0.25) is 0 Å². The fraction of sp³-hybridized carbons (Fsp3) is 0.278. The van der Waals surface area contributed by atoms with E-state index in [-0.39, 0.29) is 11.3 Å². The van der Waals surface area contributed by atoms with Crippen molar-refractivity contribution < 1.29 is 36.2 Å². The third kappa shape index (κ3) is 2.82. The largest absolute Gasteiger partial charge is 0.457 e. The molecule has 1 aliphatic rings. The Morgan fingerprint density at radius 2 is 1.73 bits per heavy atom. The topological polar surface area (TPSA) is 53.2 Å². The minimum Gasteiger partial charge on any atom is -0.457 e. The zero-order valence-electron chi connectivity index (χ0n) is 16.2. The maximum atomic E-state index is 14.8. The number of benzene rings is 2. The highest BCUT2D eigenvalue weighted by Gasteiger charge is 2.79. The predicted octanol–water partition coefficient (Wildman–Crippen LogP) is 1.86. The van der Waals surface area contributed by atoms with Crippen LogP contribution < -0.4 is 4.74 Å². The van der Waals surface area contributed by atoms with Crippen LogP contribution in [0.4, 0.5) is 26.3 Å². The van der Waals surface area contributed by atoms with Gasteiger partial charge in [-0.25, -0.2) is 8.78 Å². The number of fused-ring (bicyclic) bond motifs is 1. The number of nitrogens with zero attached hydrogens (tertiary/aromatic N) is 1. The summed E-state index contributed by atoms with van der Waals surface area (Å²) in [6.45, 7) is -1.51. The molecule has 2 aromatic rings. The van der Waals surface area contributed by atoms with Crippen molar-refractivity contribution in [2.24, 2.45) is 0 Å². The third-order valence-electron chi connectivity index (χ3n) is 5.27. The van der Waals surface area contributed by atoms with Crippen LogP contribution in [0.15, 0.2) is 30.3 Å². The summed E-state index contributed by atoms with van der Waals surface area (Å²) >= 11 is 0. The first kappa shape index (κ1) is 22.2. The lowest BCUT2D eigenvalue weighted by molar-refractivity contribution is -0.285. The van der Waals surface area contributed by atoms with Crippen LogP contribution in [-0.4, -0.2) is 34.6 Å². The molecule has 0 bridgehead atoms. The first-order chi connectivity index (χ1) is 13.7. The van der Waals surface area contributed by atoms with Gasteiger partial charge in [-0.05, 0) is 24.3 Å². The van der Waals surface area contributed by atoms with E-state index in [1.165, 1.54) is 0 Å². The van der Waals surface area contributed by atoms with Crippen molar-refractivity contribution in [2.45, 2.75) is 29.2 Å². The molecule has 0 aromatic heterocycles. The molecular formula is C18H14B3F6NO2. The molecule has 0 amide bonds. The van der Waals surface area contributed by atoms with Gasteiger partial charge in [0, 0.05) is 22.8 Å². The van der Waals surface area contributed by atoms with E-state index >= 15 is 0 Å². The summed E-state index contributed by atoms with van der Waals surface area (Å²) in [5.41, 5.74) is -6.41. The zero-order chi connectivity index (χ0) is 22.7. The molecule has 3 rings (SSSR count). The molecule has 0 radical (unpaired) electrons. The van der Waals surface area contributed by atoms with Crippen molar-refractivity contribution in [3.8, 4) is 17.6 Å². The van der Waals surface area contributed by atoms with E-state index in [2.05, 4.69) is 0 Å². The van der Waals surface area contributed by atoms with Crippen molar-refractivity contribution in [3.05, 3.63) is 58.4 Å². The Morgan fingerprint density at radius 1 is 1.10 bits per heavy atom. The van der Waals surface area contributed by atoms with Crippen LogP contribution in [0.5, 0.6) is 11.5 Å². The molecule has 0 fully saturated rings. The highest BCUT2D eigenvalue weighted by molar-refractivity contribution is 6.60. The SMILES string of the molecule is BC(B)(B)[C@@]1(O)c2c(ccc(Oc3cc(F)cc(C#N)c3)c2CF)C(F)(F)C1(F)F. The average molecular weight is 423 g/mol. The Kier molecular flexibility index (Phi) is 4.98. The van der Waals surface area contributed by atoms with Gasteiger partial charge in [-0.2, -0.15) is 22.8 Å². The fourth-order valence-corrected chi connectivity index (χ4v) is 3.74. The third-order valence-corrected chi connectivity index (χ3v) is 5.27. The highest BCUT2D eigenvalue weighted by atomic mass is 19.3. The van der Waals surface area contributed by atoms with Crippen molar-refractivity contribution >= 4 is 23.5 Å². The van der Waals surface area contributed by atoms with Crippen molar-refractivity contribution in [1.82, 2.24) is 0 Å². The summed E-state index contributed by atoms with van der Waals surface area (Å²) in [6, 6.07) is 6.04. The summed E-state index contributed by atoms with van der Waals surface area (Å²) in [5, 5.41) is 18.0. The summed E-state index contributed by atoms with van der Waals surface area (Å²) in [7, 11) is 3.40. The zero-order valence-corrected chi connectivity index (χ0v) is 16.2. The molecule has 0 saturated carbocycles. The van der Waals surface area contributed by atoms with E-state index in [0.717, 1.165) is 47.8 Å². The molecule has 0 aliphatic heterocycles. The lowest BCUT2D eigenvalue weighted by Crippen LogP contribution is -2.56. The smallest absolute Gasteiger partial charge is 0.345 e. The normalized spacial score (nSPS) is 21.7. The van der Waals surface area contributed by atoms with Crippen molar-refractivity contribution in [2.75, 3.05) is 0 Å². The number of halogens is 6. The summed E-state index contributed by atoms with van der Waals surface area (Å²) in [6.07, 6.45) is 0. The maximum Gasteiger partial charge on any atom is 0.345 e. The predicted molar refractivity (Wildman–Crippen MR) is 104 cm³/mol. The minimum absolute atomic E-state index is 0.128. The second kappa shape index (κ2) is 6.74. The van der Waals surface area contributed by atoms with Crippen LogP contribution in [0, 0.1) is 17.1 Å². The Bertz CT molecular complexity index is 1070. The molecule has 2 aromatic carbocycles. The molecule has 12 heteroatoms. The van der Waals surface area contributed by atoms with Crippen LogP contribution in [0.3, 0.4) is 0 Å². The average Bonchev–Trinajstić information content (AvgIpc) is 2.76. The van der Waals surface area contributed by atoms with Crippen molar-refractivity contribution in [1.29, 1.82) is 5.26 Å². The lowest BCUT2D eigenvalue weighted by Gasteiger charge is -2.43. The summed E-state index contributed by atoms with van der Waals surface area (Å²) in [5.74, 6) is -11.3. The molecule has 1 aliphatic carbocycles. The van der Waals surface area contributed by atoms with E-state index in [9.17, 15) is 31.4 Å². The number of hydrogen-bond acceptors (Lipinski definition) is 3. The molecular weight excluding hydrogens is 409 g/mol. The molecule has 0 saturated heterocycles. The van der Waals surface area contributed by atoms with Gasteiger partial charge in [0.25, 0.3) is 0 Å². The molecule has 1 atom stereocenters. The fourth-order valence-electron chi connectivity index (χ4n) is 3.74. The summed E-state index contributed by atoms with van der Waals surface area (Å²) < 4.78 is 91.9. The van der Waals surface area contributed by atoms with Crippen LogP contribution in [0.25, 0.3) is 0 Å². The van der Waals surface area contributed by atoms with Crippen LogP contribution >= 0.6 is 0 Å². The van der Waals surface area contributed by atoms with Crippen LogP contribution in [0.2, 0.25) is 5.11 Å². The van der Waals surface area contributed by atoms with Gasteiger partial charge in [0.1, 0.15) is 29.6 Å². The second-order valence-corrected chi connectivity index (χ2v) is 8.10. The standard InChI is InChI=1S/C18H14B3F6NO2/c19-18(20,21)15(29)14-11(6-22)13(2-1-12(14)16(24,25)17(15,26)27)30-10-4-8(7-28)3-9(23)5-10/h1-5,29H,6,19-21H2/t15-/m1/s1. The van der Waals surface area contributed by atoms with Crippen molar-refractivity contribution in [3.63, 3.8) is 0 Å². The van der Waals surface area contributed by atoms with Gasteiger partial charge >= 0.3 is 11.8 Å². The summed E-state index contributed by atoms with van der Waals surface area (Å²) in [4.78, 5) is 0. The van der Waals surface area contributed by atoms with E-state index < -0.39 is 57.5 Å². The molecule has 0 unspecified atom stereocenters. The van der Waals surface area contributed by atoms with Gasteiger partial charge in [0.2, 0.25) is 0 Å². The Hall–Kier alpha value is -2.54. The first-order valence-corrected chi connectivity index (χ1v) is 8.81. The minimum atomic E-state index is -4.93. The van der Waals surface area contributed by atoms with E-state index in [1.54, 1.807) is 6.07 Å².